The smallest absolute Gasteiger partial charge is 0.336 e. The molecule has 0 aliphatic carbocycles. The number of hydrogen-bond acceptors (Lipinski definition) is 16. The minimum atomic E-state index is -2.74. The van der Waals surface area contributed by atoms with Gasteiger partial charge in [-0.05, 0) is 74.5 Å². The molecule has 0 aromatic heterocycles. The number of ether oxygens (including phenoxy) is 5. The minimum absolute atomic E-state index is 0. The lowest BCUT2D eigenvalue weighted by atomic mass is 9.69. The summed E-state index contributed by atoms with van der Waals surface area (Å²) in [7, 11) is 8.20. The molecular weight excluding hydrogens is 834 g/mol. The zero-order chi connectivity index (χ0) is 46.6. The van der Waals surface area contributed by atoms with Crippen molar-refractivity contribution in [3.8, 4) is 29.1 Å². The number of carbonyl (C=O) groups excluding carboxylic acids is 1. The Bertz CT molecular complexity index is 1820. The van der Waals surface area contributed by atoms with Crippen LogP contribution in [0.3, 0.4) is 0 Å². The molecule has 2 aromatic carbocycles. The monoisotopic (exact) mass is 895 g/mol. The van der Waals surface area contributed by atoms with Crippen molar-refractivity contribution < 1.29 is 78.7 Å². The Morgan fingerprint density at radius 1 is 1.00 bits per heavy atom. The number of rotatable bonds is 25. The van der Waals surface area contributed by atoms with Gasteiger partial charge < -0.3 is 59.3 Å². The first-order valence-corrected chi connectivity index (χ1v) is 19.6. The highest BCUT2D eigenvalue weighted by Crippen LogP contribution is 2.45. The van der Waals surface area contributed by atoms with Gasteiger partial charge in [-0.1, -0.05) is 32.0 Å². The third-order valence-electron chi connectivity index (χ3n) is 10.4. The normalized spacial score (nSPS) is 15.9. The average Bonchev–Trinajstić information content (AvgIpc) is 3.20. The van der Waals surface area contributed by atoms with Gasteiger partial charge in [0.05, 0.1) is 52.2 Å². The Kier molecular flexibility index (Phi) is 23.1. The van der Waals surface area contributed by atoms with E-state index < -0.39 is 53.0 Å². The molecule has 22 nitrogen and oxygen atoms in total. The highest BCUT2D eigenvalue weighted by molar-refractivity contribution is 5.88. The quantitative estimate of drug-likeness (QED) is 0.0702. The molecule has 22 heteroatoms. The molecule has 1 amide bonds. The Balaban J connectivity index is 0.00000122. The van der Waals surface area contributed by atoms with E-state index in [0.717, 1.165) is 30.6 Å². The van der Waals surface area contributed by atoms with Crippen LogP contribution in [0.4, 0.5) is 0 Å². The number of hydrogen-bond donors (Lipinski definition) is 5. The van der Waals surface area contributed by atoms with Crippen LogP contribution in [0.25, 0.3) is 0 Å². The molecule has 2 aromatic rings. The highest BCUT2D eigenvalue weighted by atomic mass is 16.9. The number of amides is 1. The first-order chi connectivity index (χ1) is 29.3. The molecule has 1 fully saturated rings. The van der Waals surface area contributed by atoms with Crippen molar-refractivity contribution in [3.63, 3.8) is 0 Å². The van der Waals surface area contributed by atoms with Gasteiger partial charge in [-0.3, -0.25) is 19.8 Å². The lowest BCUT2D eigenvalue weighted by Gasteiger charge is -2.38. The number of aliphatic carboxylic acids is 3. The summed E-state index contributed by atoms with van der Waals surface area (Å²) in [6.07, 6.45) is -0.0973. The number of carbonyl (C=O) groups is 4. The second-order valence-corrected chi connectivity index (χ2v) is 15.0. The number of piperidine rings is 1. The van der Waals surface area contributed by atoms with E-state index in [2.05, 4.69) is 37.3 Å². The fraction of sp³-hybridized carbons (Fsp3) is 0.585. The number of para-hydroxylation sites is 1. The van der Waals surface area contributed by atoms with E-state index in [1.54, 1.807) is 26.3 Å². The van der Waals surface area contributed by atoms with Crippen LogP contribution in [0.5, 0.6) is 23.0 Å². The summed E-state index contributed by atoms with van der Waals surface area (Å²) in [4.78, 5) is 60.5. The average molecular weight is 896 g/mol. The number of nitriles is 1. The summed E-state index contributed by atoms with van der Waals surface area (Å²) < 4.78 is 28.1. The van der Waals surface area contributed by atoms with Gasteiger partial charge in [-0.25, -0.2) is 9.80 Å². The van der Waals surface area contributed by atoms with Gasteiger partial charge >= 0.3 is 17.9 Å². The standard InChI is InChI=1S/C35H51N5O9.C6H8O7.H2O/c1-25(2)35(24-36,28-19-30(45-5)34(47-7)31(20-28)46-6)15-10-16-38(3)17-13-26-11-8-9-12-29(26)49-32-21-39(37-33(41)23-44-4)18-14-27(32)22-48-40(42)43;7-3(8)1-6(13,5(11)12)2-4(9)10;/h8-9,11-12,19-20,25,27,32H,10,13-18,21-23H2,1-7H3,(H,37,41);13H,1-2H2,(H,7,8)(H,9,10)(H,11,12);1H2. The van der Waals surface area contributed by atoms with E-state index in [1.807, 2.05) is 36.4 Å². The number of aliphatic hydroxyl groups is 1. The van der Waals surface area contributed by atoms with Gasteiger partial charge in [-0.15, -0.1) is 10.1 Å². The highest BCUT2D eigenvalue weighted by Gasteiger charge is 2.41. The minimum Gasteiger partial charge on any atom is -0.493 e. The van der Waals surface area contributed by atoms with E-state index in [0.29, 0.717) is 55.4 Å². The molecule has 3 atom stereocenters. The molecule has 0 saturated carbocycles. The maximum absolute atomic E-state index is 12.1. The van der Waals surface area contributed by atoms with Crippen molar-refractivity contribution in [2.75, 3.05) is 74.9 Å². The third-order valence-corrected chi connectivity index (χ3v) is 10.4. The predicted octanol–water partition coefficient (Wildman–Crippen LogP) is 1.97. The Hall–Kier alpha value is -5.99. The molecular formula is C41H61N5O17. The third kappa shape index (κ3) is 16.7. The molecule has 3 rings (SSSR count). The zero-order valence-electron chi connectivity index (χ0n) is 36.7. The van der Waals surface area contributed by atoms with Crippen LogP contribution in [0.1, 0.15) is 57.1 Å². The molecule has 1 heterocycles. The number of hydrazine groups is 1. The van der Waals surface area contributed by atoms with Crippen LogP contribution in [-0.4, -0.2) is 151 Å². The molecule has 1 saturated heterocycles. The van der Waals surface area contributed by atoms with Gasteiger partial charge in [0.2, 0.25) is 5.75 Å². The molecule has 3 unspecified atom stereocenters. The summed E-state index contributed by atoms with van der Waals surface area (Å²) >= 11 is 0. The van der Waals surface area contributed by atoms with Crippen LogP contribution in [-0.2, 0) is 40.6 Å². The van der Waals surface area contributed by atoms with Gasteiger partial charge in [-0.2, -0.15) is 5.26 Å². The number of benzene rings is 2. The van der Waals surface area contributed by atoms with Crippen LogP contribution >= 0.6 is 0 Å². The van der Waals surface area contributed by atoms with E-state index in [9.17, 15) is 34.6 Å². The van der Waals surface area contributed by atoms with E-state index in [4.69, 9.17) is 48.9 Å². The molecule has 352 valence electrons. The van der Waals surface area contributed by atoms with Gasteiger partial charge in [0.15, 0.2) is 17.1 Å². The molecule has 7 N–H and O–H groups in total. The van der Waals surface area contributed by atoms with Crippen molar-refractivity contribution in [1.82, 2.24) is 15.3 Å². The largest absolute Gasteiger partial charge is 0.493 e. The summed E-state index contributed by atoms with van der Waals surface area (Å²) in [5.41, 5.74) is 1.14. The molecule has 0 bridgehead atoms. The van der Waals surface area contributed by atoms with Crippen LogP contribution in [0.2, 0.25) is 0 Å². The number of nitrogens with one attached hydrogen (secondary N) is 1. The van der Waals surface area contributed by atoms with E-state index in [-0.39, 0.29) is 36.4 Å². The summed E-state index contributed by atoms with van der Waals surface area (Å²) in [5.74, 6) is -3.32. The van der Waals surface area contributed by atoms with Crippen molar-refractivity contribution in [2.45, 2.75) is 69.5 Å². The summed E-state index contributed by atoms with van der Waals surface area (Å²) in [5, 5.41) is 56.3. The maximum Gasteiger partial charge on any atom is 0.336 e. The van der Waals surface area contributed by atoms with Gasteiger partial charge in [0, 0.05) is 26.1 Å². The zero-order valence-corrected chi connectivity index (χ0v) is 36.7. The van der Waals surface area contributed by atoms with Gasteiger partial charge in [0.25, 0.3) is 11.0 Å². The molecule has 1 aliphatic heterocycles. The van der Waals surface area contributed by atoms with E-state index in [1.165, 1.54) is 7.11 Å². The van der Waals surface area contributed by atoms with Crippen molar-refractivity contribution >= 4 is 23.8 Å². The summed E-state index contributed by atoms with van der Waals surface area (Å²) in [6, 6.07) is 14.1. The number of carboxylic acids is 3. The number of nitrogens with zero attached hydrogens (tertiary/aromatic N) is 4. The van der Waals surface area contributed by atoms with Crippen molar-refractivity contribution in [3.05, 3.63) is 57.6 Å². The molecule has 63 heavy (non-hydrogen) atoms. The second-order valence-electron chi connectivity index (χ2n) is 15.0. The van der Waals surface area contributed by atoms with Crippen molar-refractivity contribution in [1.29, 1.82) is 5.26 Å². The molecule has 0 spiro atoms. The second kappa shape index (κ2) is 26.5. The lowest BCUT2D eigenvalue weighted by Crippen LogP contribution is -2.55. The fourth-order valence-electron chi connectivity index (χ4n) is 7.00. The SMILES string of the molecule is COCC(=O)NN1CCC(CO[N+](=O)[O-])C(Oc2ccccc2CCN(C)CCCC(C#N)(c2cc(OC)c(OC)c(OC)c2)C(C)C)C1.O.O=C(O)CC(O)(CC(=O)O)C(=O)O. The Morgan fingerprint density at radius 3 is 2.10 bits per heavy atom. The molecule has 1 aliphatic rings. The first kappa shape index (κ1) is 55.0. The van der Waals surface area contributed by atoms with Crippen LogP contribution < -0.4 is 24.4 Å². The predicted molar refractivity (Wildman–Crippen MR) is 223 cm³/mol. The van der Waals surface area contributed by atoms with Gasteiger partial charge in [0.1, 0.15) is 25.1 Å². The summed E-state index contributed by atoms with van der Waals surface area (Å²) in [6.45, 7) is 6.27. The topological polar surface area (TPSA) is 322 Å². The molecule has 0 radical (unpaired) electrons. The lowest BCUT2D eigenvalue weighted by molar-refractivity contribution is -0.759. The number of likely N-dealkylation sites (N-methyl/N-ethyl adjacent to an activating group) is 1. The van der Waals surface area contributed by atoms with E-state index >= 15 is 0 Å². The van der Waals surface area contributed by atoms with Crippen LogP contribution in [0.15, 0.2) is 36.4 Å². The first-order valence-electron chi connectivity index (χ1n) is 19.6. The fourth-order valence-corrected chi connectivity index (χ4v) is 7.00. The Morgan fingerprint density at radius 2 is 1.60 bits per heavy atom. The van der Waals surface area contributed by atoms with Crippen LogP contribution in [0, 0.1) is 33.3 Å². The Labute approximate surface area is 365 Å². The number of methoxy groups -OCH3 is 4. The maximum atomic E-state index is 12.1. The van der Waals surface area contributed by atoms with Crippen molar-refractivity contribution in [2.24, 2.45) is 11.8 Å². The number of carboxylic acid groups (broad SMARTS) is 3.